The topological polar surface area (TPSA) is 35.5 Å². The first-order valence-electron chi connectivity index (χ1n) is 5.63. The normalized spacial score (nSPS) is 25.5. The van der Waals surface area contributed by atoms with Crippen LogP contribution in [0.1, 0.15) is 39.0 Å². The van der Waals surface area contributed by atoms with Crippen LogP contribution in [-0.2, 0) is 14.3 Å². The van der Waals surface area contributed by atoms with E-state index in [1.807, 2.05) is 0 Å². The molecule has 2 atom stereocenters. The molecule has 1 rings (SSSR count). The van der Waals surface area contributed by atoms with Crippen LogP contribution in [0.15, 0.2) is 0 Å². The van der Waals surface area contributed by atoms with E-state index in [9.17, 15) is 4.79 Å². The van der Waals surface area contributed by atoms with Crippen molar-refractivity contribution in [2.45, 2.75) is 51.2 Å². The molecule has 3 nitrogen and oxygen atoms in total. The van der Waals surface area contributed by atoms with Gasteiger partial charge in [-0.15, -0.1) is 0 Å². The van der Waals surface area contributed by atoms with E-state index >= 15 is 0 Å². The second-order valence-corrected chi connectivity index (χ2v) is 4.78. The largest absolute Gasteiger partial charge is 0.463 e. The predicted molar refractivity (Wildman–Crippen MR) is 67.3 cm³/mol. The SMILES string of the molecule is CCCCC(=O)OC[C@@H]1CC[C@H](CI)O1. The molecule has 1 saturated heterocycles. The first-order valence-corrected chi connectivity index (χ1v) is 7.15. The summed E-state index contributed by atoms with van der Waals surface area (Å²) in [5.41, 5.74) is 0. The Kier molecular flexibility index (Phi) is 6.56. The lowest BCUT2D eigenvalue weighted by molar-refractivity contribution is -0.147. The average molecular weight is 326 g/mol. The van der Waals surface area contributed by atoms with Crippen LogP contribution in [0.3, 0.4) is 0 Å². The highest BCUT2D eigenvalue weighted by atomic mass is 127. The molecule has 15 heavy (non-hydrogen) atoms. The molecule has 0 aromatic rings. The van der Waals surface area contributed by atoms with Crippen LogP contribution in [0.4, 0.5) is 0 Å². The molecule has 0 unspecified atom stereocenters. The number of hydrogen-bond donors (Lipinski definition) is 0. The lowest BCUT2D eigenvalue weighted by Crippen LogP contribution is -2.20. The Morgan fingerprint density at radius 1 is 1.47 bits per heavy atom. The molecule has 0 amide bonds. The fraction of sp³-hybridized carbons (Fsp3) is 0.909. The molecule has 1 aliphatic rings. The molecule has 1 aliphatic heterocycles. The smallest absolute Gasteiger partial charge is 0.305 e. The van der Waals surface area contributed by atoms with E-state index in [2.05, 4.69) is 29.5 Å². The van der Waals surface area contributed by atoms with Gasteiger partial charge in [-0.2, -0.15) is 0 Å². The second kappa shape index (κ2) is 7.44. The molecule has 88 valence electrons. The quantitative estimate of drug-likeness (QED) is 0.428. The lowest BCUT2D eigenvalue weighted by Gasteiger charge is -2.12. The highest BCUT2D eigenvalue weighted by molar-refractivity contribution is 14.1. The minimum atomic E-state index is -0.0848. The molecule has 0 N–H and O–H groups in total. The number of ether oxygens (including phenoxy) is 2. The molecular weight excluding hydrogens is 307 g/mol. The van der Waals surface area contributed by atoms with Gasteiger partial charge in [0.2, 0.25) is 0 Å². The predicted octanol–water partition coefficient (Wildman–Crippen LogP) is 2.70. The van der Waals surface area contributed by atoms with Crippen LogP contribution in [0.2, 0.25) is 0 Å². The van der Waals surface area contributed by atoms with Crippen molar-refractivity contribution in [3.8, 4) is 0 Å². The van der Waals surface area contributed by atoms with Crippen molar-refractivity contribution >= 4 is 28.6 Å². The summed E-state index contributed by atoms with van der Waals surface area (Å²) in [4.78, 5) is 11.2. The van der Waals surface area contributed by atoms with Gasteiger partial charge in [0.25, 0.3) is 0 Å². The van der Waals surface area contributed by atoms with Crippen LogP contribution in [0.5, 0.6) is 0 Å². The van der Waals surface area contributed by atoms with Crippen LogP contribution in [-0.4, -0.2) is 29.2 Å². The van der Waals surface area contributed by atoms with Crippen molar-refractivity contribution in [1.29, 1.82) is 0 Å². The highest BCUT2D eigenvalue weighted by Gasteiger charge is 2.25. The van der Waals surface area contributed by atoms with E-state index in [0.717, 1.165) is 30.1 Å². The Hall–Kier alpha value is 0.160. The van der Waals surface area contributed by atoms with Gasteiger partial charge < -0.3 is 9.47 Å². The zero-order chi connectivity index (χ0) is 11.1. The zero-order valence-corrected chi connectivity index (χ0v) is 11.4. The maximum atomic E-state index is 11.2. The minimum absolute atomic E-state index is 0.0848. The minimum Gasteiger partial charge on any atom is -0.463 e. The van der Waals surface area contributed by atoms with E-state index in [0.29, 0.717) is 19.1 Å². The van der Waals surface area contributed by atoms with Gasteiger partial charge in [0.15, 0.2) is 0 Å². The van der Waals surface area contributed by atoms with Gasteiger partial charge in [0, 0.05) is 10.8 Å². The van der Waals surface area contributed by atoms with Crippen molar-refractivity contribution in [1.82, 2.24) is 0 Å². The number of unbranched alkanes of at least 4 members (excludes halogenated alkanes) is 1. The van der Waals surface area contributed by atoms with Gasteiger partial charge in [-0.25, -0.2) is 0 Å². The fourth-order valence-corrected chi connectivity index (χ4v) is 2.24. The van der Waals surface area contributed by atoms with Gasteiger partial charge in [0.05, 0.1) is 12.2 Å². The number of esters is 1. The Balaban J connectivity index is 2.07. The van der Waals surface area contributed by atoms with Crippen molar-refractivity contribution in [3.05, 3.63) is 0 Å². The van der Waals surface area contributed by atoms with Crippen LogP contribution < -0.4 is 0 Å². The third-order valence-electron chi connectivity index (χ3n) is 2.53. The highest BCUT2D eigenvalue weighted by Crippen LogP contribution is 2.21. The summed E-state index contributed by atoms with van der Waals surface area (Å²) in [7, 11) is 0. The van der Waals surface area contributed by atoms with Crippen molar-refractivity contribution in [2.75, 3.05) is 11.0 Å². The first kappa shape index (κ1) is 13.2. The summed E-state index contributed by atoms with van der Waals surface area (Å²) in [6.07, 6.45) is 5.11. The summed E-state index contributed by atoms with van der Waals surface area (Å²) in [6.45, 7) is 2.51. The maximum absolute atomic E-state index is 11.2. The molecule has 0 aliphatic carbocycles. The van der Waals surface area contributed by atoms with E-state index in [1.165, 1.54) is 0 Å². The van der Waals surface area contributed by atoms with Gasteiger partial charge in [-0.3, -0.25) is 4.79 Å². The van der Waals surface area contributed by atoms with Crippen molar-refractivity contribution < 1.29 is 14.3 Å². The van der Waals surface area contributed by atoms with Crippen molar-refractivity contribution in [3.63, 3.8) is 0 Å². The summed E-state index contributed by atoms with van der Waals surface area (Å²) < 4.78 is 11.9. The number of alkyl halides is 1. The van der Waals surface area contributed by atoms with Crippen LogP contribution in [0, 0.1) is 0 Å². The lowest BCUT2D eigenvalue weighted by atomic mass is 10.2. The van der Waals surface area contributed by atoms with E-state index in [-0.39, 0.29) is 12.1 Å². The molecule has 0 spiro atoms. The third kappa shape index (κ3) is 5.15. The molecule has 0 aromatic carbocycles. The number of carbonyl (C=O) groups excluding carboxylic acids is 1. The summed E-state index contributed by atoms with van der Waals surface area (Å²) in [5, 5.41) is 0. The van der Waals surface area contributed by atoms with E-state index in [4.69, 9.17) is 9.47 Å². The summed E-state index contributed by atoms with van der Waals surface area (Å²) in [6, 6.07) is 0. The van der Waals surface area contributed by atoms with Gasteiger partial charge >= 0.3 is 5.97 Å². The second-order valence-electron chi connectivity index (χ2n) is 3.90. The Bertz CT molecular complexity index is 196. The van der Waals surface area contributed by atoms with E-state index < -0.39 is 0 Å². The molecule has 0 bridgehead atoms. The molecule has 4 heteroatoms. The zero-order valence-electron chi connectivity index (χ0n) is 9.21. The molecule has 0 saturated carbocycles. The number of hydrogen-bond acceptors (Lipinski definition) is 3. The Labute approximate surface area is 105 Å². The maximum Gasteiger partial charge on any atom is 0.305 e. The Morgan fingerprint density at radius 3 is 2.80 bits per heavy atom. The Morgan fingerprint density at radius 2 is 2.20 bits per heavy atom. The monoisotopic (exact) mass is 326 g/mol. The summed E-state index contributed by atoms with van der Waals surface area (Å²) >= 11 is 2.33. The number of rotatable bonds is 6. The van der Waals surface area contributed by atoms with Gasteiger partial charge in [-0.05, 0) is 19.3 Å². The van der Waals surface area contributed by atoms with Gasteiger partial charge in [-0.1, -0.05) is 35.9 Å². The number of carbonyl (C=O) groups is 1. The molecule has 1 fully saturated rings. The first-order chi connectivity index (χ1) is 7.26. The van der Waals surface area contributed by atoms with E-state index in [1.54, 1.807) is 0 Å². The molecule has 1 heterocycles. The average Bonchev–Trinajstić information content (AvgIpc) is 2.71. The standard InChI is InChI=1S/C11H19IO3/c1-2-3-4-11(13)14-8-10-6-5-9(7-12)15-10/h9-10H,2-8H2,1H3/t9-,10+/m1/s1. The van der Waals surface area contributed by atoms with Crippen molar-refractivity contribution in [2.24, 2.45) is 0 Å². The molecule has 0 radical (unpaired) electrons. The van der Waals surface area contributed by atoms with Crippen LogP contribution in [0.25, 0.3) is 0 Å². The summed E-state index contributed by atoms with van der Waals surface area (Å²) in [5.74, 6) is -0.0848. The molecule has 0 aromatic heterocycles. The van der Waals surface area contributed by atoms with Gasteiger partial charge in [0.1, 0.15) is 6.61 Å². The van der Waals surface area contributed by atoms with Crippen LogP contribution >= 0.6 is 22.6 Å². The molecular formula is C11H19IO3. The third-order valence-corrected chi connectivity index (χ3v) is 3.51. The fourth-order valence-electron chi connectivity index (χ4n) is 1.60. The number of halogens is 1.